The van der Waals surface area contributed by atoms with Crippen molar-refractivity contribution in [3.63, 3.8) is 0 Å². The molecule has 2 aromatic carbocycles. The van der Waals surface area contributed by atoms with Crippen LogP contribution in [0.1, 0.15) is 18.4 Å². The van der Waals surface area contributed by atoms with Gasteiger partial charge in [-0.3, -0.25) is 15.6 Å². The molecule has 8 heteroatoms. The summed E-state index contributed by atoms with van der Waals surface area (Å²) in [6.07, 6.45) is 5.07. The summed E-state index contributed by atoms with van der Waals surface area (Å²) in [7, 11) is 1.65. The molecule has 1 saturated heterocycles. The summed E-state index contributed by atoms with van der Waals surface area (Å²) < 4.78 is 5.30. The summed E-state index contributed by atoms with van der Waals surface area (Å²) in [4.78, 5) is 24.7. The van der Waals surface area contributed by atoms with E-state index in [-0.39, 0.29) is 0 Å². The van der Waals surface area contributed by atoms with Gasteiger partial charge in [-0.05, 0) is 61.6 Å². The zero-order valence-electron chi connectivity index (χ0n) is 17.0. The summed E-state index contributed by atoms with van der Waals surface area (Å²) in [5.74, 6) is 0.800. The van der Waals surface area contributed by atoms with Crippen molar-refractivity contribution in [1.82, 2.24) is 10.5 Å². The first-order valence-electron chi connectivity index (χ1n) is 9.78. The maximum absolute atomic E-state index is 12.2. The predicted molar refractivity (Wildman–Crippen MR) is 117 cm³/mol. The molecule has 1 spiro atoms. The van der Waals surface area contributed by atoms with E-state index in [1.807, 2.05) is 54.8 Å². The Kier molecular flexibility index (Phi) is 6.17. The number of hydrogen-bond acceptors (Lipinski definition) is 7. The minimum Gasteiger partial charge on any atom is -0.497 e. The van der Waals surface area contributed by atoms with Gasteiger partial charge in [0, 0.05) is 29.2 Å². The minimum absolute atomic E-state index is 0.400. The van der Waals surface area contributed by atoms with Gasteiger partial charge in [-0.2, -0.15) is 0 Å². The monoisotopic (exact) mass is 427 g/mol. The van der Waals surface area contributed by atoms with Crippen molar-refractivity contribution in [2.45, 2.75) is 23.3 Å². The largest absolute Gasteiger partial charge is 0.497 e. The molecule has 2 aliphatic rings. The fourth-order valence-electron chi connectivity index (χ4n) is 3.55. The van der Waals surface area contributed by atoms with E-state index in [0.717, 1.165) is 21.9 Å². The molecule has 0 radical (unpaired) electrons. The average molecular weight is 428 g/mol. The Balaban J connectivity index is 1.31. The normalized spacial score (nSPS) is 17.9. The summed E-state index contributed by atoms with van der Waals surface area (Å²) in [5.41, 5.74) is 5.29. The minimum atomic E-state index is -0.485. The number of thioether (sulfide) groups is 1. The van der Waals surface area contributed by atoms with Crippen molar-refractivity contribution in [2.24, 2.45) is 0 Å². The van der Waals surface area contributed by atoms with E-state index in [1.165, 1.54) is 0 Å². The molecule has 0 aliphatic carbocycles. The van der Waals surface area contributed by atoms with Crippen LogP contribution >= 0.6 is 11.8 Å². The summed E-state index contributed by atoms with van der Waals surface area (Å²) in [6.45, 7) is 1.17. The van der Waals surface area contributed by atoms with E-state index in [1.54, 1.807) is 23.9 Å². The van der Waals surface area contributed by atoms with Crippen LogP contribution in [0.4, 0.5) is 10.5 Å². The Hall–Kier alpha value is -2.68. The van der Waals surface area contributed by atoms with Gasteiger partial charge in [0.1, 0.15) is 11.4 Å². The van der Waals surface area contributed by atoms with Gasteiger partial charge in [-0.15, -0.1) is 16.8 Å². The number of hydrogen-bond donors (Lipinski definition) is 2. The predicted octanol–water partition coefficient (Wildman–Crippen LogP) is 4.29. The van der Waals surface area contributed by atoms with Crippen LogP contribution in [0.2, 0.25) is 0 Å². The van der Waals surface area contributed by atoms with Gasteiger partial charge >= 0.3 is 6.09 Å². The number of methoxy groups -OCH3 is 1. The van der Waals surface area contributed by atoms with E-state index < -0.39 is 11.7 Å². The van der Waals surface area contributed by atoms with E-state index in [4.69, 9.17) is 14.4 Å². The van der Waals surface area contributed by atoms with E-state index >= 15 is 0 Å². The molecule has 0 atom stereocenters. The van der Waals surface area contributed by atoms with Gasteiger partial charge in [-0.1, -0.05) is 12.1 Å². The standard InChI is InChI=1S/C22H25N3O4S/c1-27-18-5-3-4-16(14-18)20-15-22(29-24-20)10-12-25(13-11-22)28-21(26)23-17-6-8-19(30-2)9-7-17/h3-9,14-15,24H,10-13H2,1-2H3,(H,23,26). The van der Waals surface area contributed by atoms with Gasteiger partial charge in [-0.25, -0.2) is 4.79 Å². The lowest BCUT2D eigenvalue weighted by Crippen LogP contribution is -2.45. The Morgan fingerprint density at radius 3 is 2.67 bits per heavy atom. The van der Waals surface area contributed by atoms with Crippen LogP contribution in [0.5, 0.6) is 5.75 Å². The van der Waals surface area contributed by atoms with Crippen molar-refractivity contribution in [3.8, 4) is 5.75 Å². The highest BCUT2D eigenvalue weighted by Gasteiger charge is 2.39. The number of amides is 1. The van der Waals surface area contributed by atoms with Gasteiger partial charge in [0.15, 0.2) is 0 Å². The van der Waals surface area contributed by atoms with Crippen LogP contribution in [0.3, 0.4) is 0 Å². The molecule has 0 aromatic heterocycles. The molecular weight excluding hydrogens is 402 g/mol. The van der Waals surface area contributed by atoms with Gasteiger partial charge in [0.2, 0.25) is 0 Å². The highest BCUT2D eigenvalue weighted by Crippen LogP contribution is 2.35. The van der Waals surface area contributed by atoms with Crippen molar-refractivity contribution < 1.29 is 19.2 Å². The second-order valence-electron chi connectivity index (χ2n) is 7.22. The fourth-order valence-corrected chi connectivity index (χ4v) is 3.95. The topological polar surface area (TPSA) is 72.1 Å². The molecular formula is C22H25N3O4S. The number of anilines is 1. The molecule has 0 bridgehead atoms. The highest BCUT2D eigenvalue weighted by atomic mass is 32.2. The fraction of sp³-hybridized carbons (Fsp3) is 0.318. The number of rotatable bonds is 5. The molecule has 0 unspecified atom stereocenters. The van der Waals surface area contributed by atoms with E-state index in [0.29, 0.717) is 31.6 Å². The molecule has 2 heterocycles. The lowest BCUT2D eigenvalue weighted by atomic mass is 9.91. The second kappa shape index (κ2) is 8.99. The lowest BCUT2D eigenvalue weighted by molar-refractivity contribution is -0.153. The Bertz CT molecular complexity index is 924. The molecule has 0 saturated carbocycles. The van der Waals surface area contributed by atoms with Gasteiger partial charge in [0.05, 0.1) is 12.8 Å². The number of carbonyl (C=O) groups is 1. The number of piperidine rings is 1. The third kappa shape index (κ3) is 4.72. The Labute approximate surface area is 180 Å². The van der Waals surface area contributed by atoms with Crippen LogP contribution in [0.15, 0.2) is 59.5 Å². The number of nitrogens with zero attached hydrogens (tertiary/aromatic N) is 1. The second-order valence-corrected chi connectivity index (χ2v) is 8.10. The molecule has 158 valence electrons. The first-order valence-corrected chi connectivity index (χ1v) is 11.0. The number of benzene rings is 2. The molecule has 2 aromatic rings. The van der Waals surface area contributed by atoms with Crippen LogP contribution in [0.25, 0.3) is 5.70 Å². The number of ether oxygens (including phenoxy) is 1. The average Bonchev–Trinajstić information content (AvgIpc) is 3.20. The van der Waals surface area contributed by atoms with Crippen LogP contribution < -0.4 is 15.5 Å². The van der Waals surface area contributed by atoms with Crippen molar-refractivity contribution in [1.29, 1.82) is 0 Å². The van der Waals surface area contributed by atoms with Gasteiger partial charge < -0.3 is 9.57 Å². The van der Waals surface area contributed by atoms with Crippen LogP contribution in [0, 0.1) is 0 Å². The first kappa shape index (κ1) is 20.6. The van der Waals surface area contributed by atoms with E-state index in [2.05, 4.69) is 16.9 Å². The SMILES string of the molecule is COc1cccc(C2=CC3(CCN(OC(=O)Nc4ccc(SC)cc4)CC3)ON2)c1. The van der Waals surface area contributed by atoms with Crippen LogP contribution in [-0.4, -0.2) is 43.2 Å². The van der Waals surface area contributed by atoms with Gasteiger partial charge in [0.25, 0.3) is 0 Å². The molecule has 2 N–H and O–H groups in total. The number of hydroxylamine groups is 3. The lowest BCUT2D eigenvalue weighted by Gasteiger charge is -2.35. The van der Waals surface area contributed by atoms with Crippen molar-refractivity contribution in [2.75, 3.05) is 31.8 Å². The molecule has 1 fully saturated rings. The summed E-state index contributed by atoms with van der Waals surface area (Å²) in [6, 6.07) is 15.5. The summed E-state index contributed by atoms with van der Waals surface area (Å²) >= 11 is 1.65. The van der Waals surface area contributed by atoms with Crippen molar-refractivity contribution in [3.05, 3.63) is 60.2 Å². The zero-order chi connectivity index (χ0) is 21.0. The maximum Gasteiger partial charge on any atom is 0.430 e. The quantitative estimate of drug-likeness (QED) is 0.690. The highest BCUT2D eigenvalue weighted by molar-refractivity contribution is 7.98. The molecule has 7 nitrogen and oxygen atoms in total. The zero-order valence-corrected chi connectivity index (χ0v) is 17.8. The number of nitrogens with one attached hydrogen (secondary N) is 2. The first-order chi connectivity index (χ1) is 14.6. The Morgan fingerprint density at radius 2 is 1.97 bits per heavy atom. The third-order valence-electron chi connectivity index (χ3n) is 5.27. The molecule has 30 heavy (non-hydrogen) atoms. The molecule has 1 amide bonds. The Morgan fingerprint density at radius 1 is 1.20 bits per heavy atom. The van der Waals surface area contributed by atoms with Crippen molar-refractivity contribution >= 4 is 29.2 Å². The number of carbonyl (C=O) groups excluding carboxylic acids is 1. The van der Waals surface area contributed by atoms with Crippen LogP contribution in [-0.2, 0) is 9.68 Å². The molecule has 2 aliphatic heterocycles. The maximum atomic E-state index is 12.2. The molecule has 4 rings (SSSR count). The third-order valence-corrected chi connectivity index (χ3v) is 6.01. The smallest absolute Gasteiger partial charge is 0.430 e. The van der Waals surface area contributed by atoms with E-state index in [9.17, 15) is 4.79 Å². The summed E-state index contributed by atoms with van der Waals surface area (Å²) in [5, 5.41) is 4.44.